The quantitative estimate of drug-likeness (QED) is 0.148. The van der Waals surface area contributed by atoms with E-state index in [2.05, 4.69) is 20.9 Å². The fourth-order valence-electron chi connectivity index (χ4n) is 4.61. The maximum absolute atomic E-state index is 10.7. The Balaban J connectivity index is 3.70. The Kier molecular flexibility index (Phi) is 20.8. The molecule has 2 unspecified atom stereocenters. The van der Waals surface area contributed by atoms with Gasteiger partial charge in [-0.15, -0.1) is 0 Å². The van der Waals surface area contributed by atoms with E-state index in [-0.39, 0.29) is 12.5 Å². The molecular formula is C27H55NO3. The molecule has 0 aromatic heterocycles. The monoisotopic (exact) mass is 441 g/mol. The van der Waals surface area contributed by atoms with Crippen molar-refractivity contribution >= 4 is 5.97 Å². The summed E-state index contributed by atoms with van der Waals surface area (Å²) in [5, 5.41) is 21.3. The number of carboxylic acids is 1. The SMILES string of the molecule is CCCCCCCCCCCCCCCCC(O)C[N+](C)(CCCC)CCCC(=O)[O-]. The molecule has 0 rings (SSSR count). The van der Waals surface area contributed by atoms with Crippen molar-refractivity contribution in [3.63, 3.8) is 0 Å². The Morgan fingerprint density at radius 1 is 0.710 bits per heavy atom. The van der Waals surface area contributed by atoms with Gasteiger partial charge in [0, 0.05) is 12.4 Å². The summed E-state index contributed by atoms with van der Waals surface area (Å²) in [4.78, 5) is 10.7. The van der Waals surface area contributed by atoms with E-state index in [0.717, 1.165) is 49.8 Å². The summed E-state index contributed by atoms with van der Waals surface area (Å²) in [6.07, 6.45) is 22.5. The van der Waals surface area contributed by atoms with Crippen LogP contribution in [0.25, 0.3) is 0 Å². The molecule has 0 fully saturated rings. The van der Waals surface area contributed by atoms with Crippen LogP contribution in [-0.4, -0.2) is 48.3 Å². The highest BCUT2D eigenvalue weighted by atomic mass is 16.4. The zero-order valence-electron chi connectivity index (χ0n) is 21.3. The van der Waals surface area contributed by atoms with Crippen molar-refractivity contribution in [2.45, 2.75) is 142 Å². The second-order valence-electron chi connectivity index (χ2n) is 10.1. The van der Waals surface area contributed by atoms with Crippen LogP contribution >= 0.6 is 0 Å². The summed E-state index contributed by atoms with van der Waals surface area (Å²) in [5.41, 5.74) is 0. The third kappa shape index (κ3) is 21.0. The third-order valence-electron chi connectivity index (χ3n) is 6.67. The van der Waals surface area contributed by atoms with Crippen molar-refractivity contribution < 1.29 is 19.5 Å². The minimum Gasteiger partial charge on any atom is -0.550 e. The highest BCUT2D eigenvalue weighted by Gasteiger charge is 2.24. The normalized spacial score (nSPS) is 14.5. The van der Waals surface area contributed by atoms with E-state index in [1.165, 1.54) is 83.5 Å². The van der Waals surface area contributed by atoms with Gasteiger partial charge in [-0.3, -0.25) is 0 Å². The molecule has 0 aliphatic carbocycles. The van der Waals surface area contributed by atoms with E-state index < -0.39 is 5.97 Å². The topological polar surface area (TPSA) is 60.4 Å². The Labute approximate surface area is 194 Å². The maximum Gasteiger partial charge on any atom is 0.105 e. The molecule has 0 aliphatic rings. The fraction of sp³-hybridized carbons (Fsp3) is 0.963. The van der Waals surface area contributed by atoms with Crippen LogP contribution in [0.2, 0.25) is 0 Å². The molecule has 4 nitrogen and oxygen atoms in total. The number of unbranched alkanes of at least 4 members (excludes halogenated alkanes) is 14. The van der Waals surface area contributed by atoms with Gasteiger partial charge in [0.15, 0.2) is 0 Å². The number of hydrogen-bond donors (Lipinski definition) is 1. The second kappa shape index (κ2) is 21.2. The Hall–Kier alpha value is -0.610. The van der Waals surface area contributed by atoms with Crippen LogP contribution in [0.15, 0.2) is 0 Å². The summed E-state index contributed by atoms with van der Waals surface area (Å²) < 4.78 is 0.779. The summed E-state index contributed by atoms with van der Waals surface area (Å²) in [6, 6.07) is 0. The lowest BCUT2D eigenvalue weighted by atomic mass is 10.0. The van der Waals surface area contributed by atoms with Gasteiger partial charge < -0.3 is 19.5 Å². The van der Waals surface area contributed by atoms with E-state index in [4.69, 9.17) is 0 Å². The van der Waals surface area contributed by atoms with Gasteiger partial charge >= 0.3 is 0 Å². The van der Waals surface area contributed by atoms with E-state index in [1.807, 2.05) is 0 Å². The Morgan fingerprint density at radius 3 is 1.58 bits per heavy atom. The van der Waals surface area contributed by atoms with Crippen molar-refractivity contribution in [1.82, 2.24) is 0 Å². The molecule has 0 radical (unpaired) electrons. The molecule has 0 heterocycles. The smallest absolute Gasteiger partial charge is 0.105 e. The van der Waals surface area contributed by atoms with Gasteiger partial charge in [-0.05, 0) is 19.3 Å². The predicted molar refractivity (Wildman–Crippen MR) is 131 cm³/mol. The first-order chi connectivity index (χ1) is 14.9. The van der Waals surface area contributed by atoms with E-state index >= 15 is 0 Å². The van der Waals surface area contributed by atoms with Gasteiger partial charge in [-0.2, -0.15) is 0 Å². The van der Waals surface area contributed by atoms with Crippen molar-refractivity contribution in [2.75, 3.05) is 26.7 Å². The first kappa shape index (κ1) is 30.4. The molecule has 0 bridgehead atoms. The lowest BCUT2D eigenvalue weighted by molar-refractivity contribution is -0.912. The number of carbonyl (C=O) groups is 1. The summed E-state index contributed by atoms with van der Waals surface area (Å²) >= 11 is 0. The highest BCUT2D eigenvalue weighted by Crippen LogP contribution is 2.16. The van der Waals surface area contributed by atoms with Crippen molar-refractivity contribution in [2.24, 2.45) is 0 Å². The number of nitrogens with zero attached hydrogens (tertiary/aromatic N) is 1. The minimum atomic E-state index is -0.968. The highest BCUT2D eigenvalue weighted by molar-refractivity contribution is 5.64. The average Bonchev–Trinajstić information content (AvgIpc) is 2.72. The molecule has 0 spiro atoms. The zero-order valence-corrected chi connectivity index (χ0v) is 21.3. The van der Waals surface area contributed by atoms with Gasteiger partial charge in [0.2, 0.25) is 0 Å². The summed E-state index contributed by atoms with van der Waals surface area (Å²) in [6.45, 7) is 7.02. The molecule has 186 valence electrons. The predicted octanol–water partition coefficient (Wildman–Crippen LogP) is 6.00. The lowest BCUT2D eigenvalue weighted by Crippen LogP contribution is -2.50. The van der Waals surface area contributed by atoms with Crippen molar-refractivity contribution in [3.05, 3.63) is 0 Å². The van der Waals surface area contributed by atoms with E-state index in [0.29, 0.717) is 6.42 Å². The summed E-state index contributed by atoms with van der Waals surface area (Å²) in [5.74, 6) is -0.968. The van der Waals surface area contributed by atoms with Crippen LogP contribution in [0, 0.1) is 0 Å². The molecule has 31 heavy (non-hydrogen) atoms. The van der Waals surface area contributed by atoms with Crippen LogP contribution in [0.5, 0.6) is 0 Å². The number of carboxylic acid groups (broad SMARTS) is 1. The zero-order chi connectivity index (χ0) is 23.2. The van der Waals surface area contributed by atoms with Gasteiger partial charge in [-0.1, -0.05) is 110 Å². The number of aliphatic hydroxyl groups excluding tert-OH is 1. The van der Waals surface area contributed by atoms with Crippen LogP contribution in [0.3, 0.4) is 0 Å². The number of aliphatic hydroxyl groups is 1. The average molecular weight is 442 g/mol. The first-order valence-corrected chi connectivity index (χ1v) is 13.6. The maximum atomic E-state index is 10.7. The number of quaternary nitrogens is 1. The molecule has 0 amide bonds. The minimum absolute atomic E-state index is 0.120. The standard InChI is InChI=1S/C27H55NO3/c1-4-6-8-9-10-11-12-13-14-15-16-17-18-19-21-26(29)25-28(3,23-7-5-2)24-20-22-27(30)31/h26,29H,4-25H2,1-3H3. The number of hydrogen-bond acceptors (Lipinski definition) is 3. The number of aliphatic carboxylic acids is 1. The number of rotatable bonds is 24. The van der Waals surface area contributed by atoms with Gasteiger partial charge in [0.1, 0.15) is 12.6 Å². The molecule has 0 aliphatic heterocycles. The molecule has 0 aromatic rings. The third-order valence-corrected chi connectivity index (χ3v) is 6.67. The van der Waals surface area contributed by atoms with Gasteiger partial charge in [0.25, 0.3) is 0 Å². The van der Waals surface area contributed by atoms with Crippen LogP contribution in [0.4, 0.5) is 0 Å². The number of carbonyl (C=O) groups excluding carboxylic acids is 1. The lowest BCUT2D eigenvalue weighted by Gasteiger charge is -2.36. The van der Waals surface area contributed by atoms with E-state index in [1.54, 1.807) is 0 Å². The molecule has 2 atom stereocenters. The van der Waals surface area contributed by atoms with Crippen LogP contribution in [0.1, 0.15) is 136 Å². The van der Waals surface area contributed by atoms with Gasteiger partial charge in [-0.25, -0.2) is 0 Å². The molecule has 4 heteroatoms. The Bertz CT molecular complexity index is 402. The first-order valence-electron chi connectivity index (χ1n) is 13.6. The fourth-order valence-corrected chi connectivity index (χ4v) is 4.61. The van der Waals surface area contributed by atoms with Crippen molar-refractivity contribution in [3.8, 4) is 0 Å². The molecule has 0 saturated carbocycles. The molecule has 1 N–H and O–H groups in total. The van der Waals surface area contributed by atoms with Gasteiger partial charge in [0.05, 0.1) is 20.1 Å². The molecule has 0 aromatic carbocycles. The van der Waals surface area contributed by atoms with Crippen LogP contribution < -0.4 is 5.11 Å². The van der Waals surface area contributed by atoms with E-state index in [9.17, 15) is 15.0 Å². The molecule has 0 saturated heterocycles. The molecular weight excluding hydrogens is 386 g/mol. The van der Waals surface area contributed by atoms with Crippen molar-refractivity contribution in [1.29, 1.82) is 0 Å². The number of likely N-dealkylation sites (N-methyl/N-ethyl adjacent to an activating group) is 1. The largest absolute Gasteiger partial charge is 0.550 e. The Morgan fingerprint density at radius 2 is 1.13 bits per heavy atom. The van der Waals surface area contributed by atoms with Crippen LogP contribution in [-0.2, 0) is 4.79 Å². The second-order valence-corrected chi connectivity index (χ2v) is 10.1. The summed E-state index contributed by atoms with van der Waals surface area (Å²) in [7, 11) is 2.17.